The Balaban J connectivity index is 1.44. The molecule has 0 saturated heterocycles. The van der Waals surface area contributed by atoms with Crippen LogP contribution in [0.1, 0.15) is 11.3 Å². The molecule has 0 aliphatic heterocycles. The normalized spacial score (nSPS) is 10.8. The second kappa shape index (κ2) is 6.56. The number of aromatic amines is 1. The predicted octanol–water partition coefficient (Wildman–Crippen LogP) is 3.41. The maximum Gasteiger partial charge on any atom is 0.254 e. The number of nitrogens with one attached hydrogen (secondary N) is 1. The van der Waals surface area contributed by atoms with Crippen molar-refractivity contribution < 1.29 is 9.26 Å². The van der Waals surface area contributed by atoms with Gasteiger partial charge < -0.3 is 9.26 Å². The van der Waals surface area contributed by atoms with Crippen LogP contribution in [0.5, 0.6) is 5.88 Å². The summed E-state index contributed by atoms with van der Waals surface area (Å²) in [5.74, 6) is 1.82. The van der Waals surface area contributed by atoms with E-state index in [2.05, 4.69) is 37.9 Å². The molecule has 25 heavy (non-hydrogen) atoms. The molecule has 0 radical (unpaired) electrons. The van der Waals surface area contributed by atoms with E-state index in [1.54, 1.807) is 6.07 Å². The molecule has 0 aliphatic carbocycles. The fourth-order valence-corrected chi connectivity index (χ4v) is 2.46. The number of aryl methyl sites for hydroxylation is 1. The van der Waals surface area contributed by atoms with E-state index in [4.69, 9.17) is 9.26 Å². The number of hydrogen-bond donors (Lipinski definition) is 1. The molecule has 0 unspecified atom stereocenters. The lowest BCUT2D eigenvalue weighted by atomic mass is 10.0. The smallest absolute Gasteiger partial charge is 0.254 e. The number of nitrogens with zero attached hydrogens (tertiary/aromatic N) is 4. The summed E-state index contributed by atoms with van der Waals surface area (Å²) >= 11 is 0. The summed E-state index contributed by atoms with van der Waals surface area (Å²) in [5.41, 5.74) is 4.23. The Hall–Kier alpha value is -3.48. The van der Waals surface area contributed by atoms with Gasteiger partial charge in [-0.05, 0) is 34.0 Å². The van der Waals surface area contributed by atoms with Crippen molar-refractivity contribution in [2.45, 2.75) is 13.5 Å². The van der Waals surface area contributed by atoms with Crippen LogP contribution < -0.4 is 4.74 Å². The molecule has 7 heteroatoms. The van der Waals surface area contributed by atoms with Crippen LogP contribution in [0.25, 0.3) is 22.5 Å². The van der Waals surface area contributed by atoms with E-state index in [9.17, 15) is 0 Å². The highest BCUT2D eigenvalue weighted by Crippen LogP contribution is 2.23. The number of H-pyrrole nitrogens is 1. The average Bonchev–Trinajstić information content (AvgIpc) is 3.32. The highest BCUT2D eigenvalue weighted by atomic mass is 16.5. The summed E-state index contributed by atoms with van der Waals surface area (Å²) in [6.07, 6.45) is 0. The first kappa shape index (κ1) is 15.1. The molecule has 2 aromatic carbocycles. The van der Waals surface area contributed by atoms with Crippen LogP contribution in [0.3, 0.4) is 0 Å². The largest absolute Gasteiger partial charge is 0.471 e. The highest BCUT2D eigenvalue weighted by Gasteiger charge is 2.05. The molecule has 0 spiro atoms. The van der Waals surface area contributed by atoms with Gasteiger partial charge >= 0.3 is 0 Å². The molecule has 1 N–H and O–H groups in total. The van der Waals surface area contributed by atoms with Gasteiger partial charge in [-0.3, -0.25) is 0 Å². The number of rotatable bonds is 5. The van der Waals surface area contributed by atoms with E-state index in [1.807, 2.05) is 43.3 Å². The molecule has 0 fully saturated rings. The Morgan fingerprint density at radius 3 is 2.24 bits per heavy atom. The number of ether oxygens (including phenoxy) is 1. The third kappa shape index (κ3) is 3.40. The van der Waals surface area contributed by atoms with Crippen LogP contribution in [0, 0.1) is 6.92 Å². The van der Waals surface area contributed by atoms with Crippen molar-refractivity contribution >= 4 is 0 Å². The van der Waals surface area contributed by atoms with Crippen molar-refractivity contribution in [3.8, 4) is 28.4 Å². The Kier molecular flexibility index (Phi) is 3.96. The van der Waals surface area contributed by atoms with Crippen molar-refractivity contribution in [3.63, 3.8) is 0 Å². The van der Waals surface area contributed by atoms with Crippen molar-refractivity contribution in [1.29, 1.82) is 0 Å². The maximum atomic E-state index is 5.59. The molecule has 0 bridgehead atoms. The van der Waals surface area contributed by atoms with Crippen LogP contribution in [-0.2, 0) is 6.61 Å². The van der Waals surface area contributed by atoms with Crippen molar-refractivity contribution in [2.75, 3.05) is 0 Å². The van der Waals surface area contributed by atoms with Crippen LogP contribution >= 0.6 is 0 Å². The first-order valence-electron chi connectivity index (χ1n) is 7.77. The fraction of sp³-hybridized carbons (Fsp3) is 0.111. The second-order valence-corrected chi connectivity index (χ2v) is 5.57. The maximum absolute atomic E-state index is 5.59. The fourth-order valence-electron chi connectivity index (χ4n) is 2.46. The number of tetrazole rings is 1. The summed E-state index contributed by atoms with van der Waals surface area (Å²) in [7, 11) is 0. The van der Waals surface area contributed by atoms with E-state index < -0.39 is 0 Å². The lowest BCUT2D eigenvalue weighted by Gasteiger charge is -2.06. The molecule has 7 nitrogen and oxygen atoms in total. The van der Waals surface area contributed by atoms with Crippen LogP contribution in [0.15, 0.2) is 59.1 Å². The third-order valence-corrected chi connectivity index (χ3v) is 3.77. The zero-order valence-electron chi connectivity index (χ0n) is 13.5. The molecule has 2 heterocycles. The summed E-state index contributed by atoms with van der Waals surface area (Å²) in [4.78, 5) is 0. The van der Waals surface area contributed by atoms with E-state index >= 15 is 0 Å². The van der Waals surface area contributed by atoms with Crippen LogP contribution in [-0.4, -0.2) is 25.8 Å². The minimum absolute atomic E-state index is 0.447. The Bertz CT molecular complexity index is 944. The van der Waals surface area contributed by atoms with Gasteiger partial charge in [0.2, 0.25) is 5.82 Å². The molecular formula is C18H15N5O2. The molecule has 4 rings (SSSR count). The van der Waals surface area contributed by atoms with E-state index in [1.165, 1.54) is 0 Å². The van der Waals surface area contributed by atoms with Gasteiger partial charge in [0, 0.05) is 11.6 Å². The van der Waals surface area contributed by atoms with Gasteiger partial charge in [0.05, 0.1) is 0 Å². The monoisotopic (exact) mass is 333 g/mol. The molecular weight excluding hydrogens is 318 g/mol. The summed E-state index contributed by atoms with van der Waals surface area (Å²) < 4.78 is 10.6. The van der Waals surface area contributed by atoms with Crippen molar-refractivity contribution in [2.24, 2.45) is 0 Å². The molecule has 0 atom stereocenters. The van der Waals surface area contributed by atoms with Crippen LogP contribution in [0.4, 0.5) is 0 Å². The van der Waals surface area contributed by atoms with Gasteiger partial charge in [0.15, 0.2) is 0 Å². The number of benzene rings is 2. The van der Waals surface area contributed by atoms with Gasteiger partial charge in [-0.1, -0.05) is 48.5 Å². The first-order valence-corrected chi connectivity index (χ1v) is 7.77. The number of aromatic nitrogens is 5. The Labute approximate surface area is 143 Å². The highest BCUT2D eigenvalue weighted by molar-refractivity contribution is 5.67. The Morgan fingerprint density at radius 1 is 0.960 bits per heavy atom. The molecule has 0 amide bonds. The second-order valence-electron chi connectivity index (χ2n) is 5.57. The Morgan fingerprint density at radius 2 is 1.64 bits per heavy atom. The summed E-state index contributed by atoms with van der Waals surface area (Å²) in [6.45, 7) is 2.28. The summed E-state index contributed by atoms with van der Waals surface area (Å²) in [6, 6.07) is 18.0. The quantitative estimate of drug-likeness (QED) is 0.602. The summed E-state index contributed by atoms with van der Waals surface area (Å²) in [5, 5.41) is 17.8. The zero-order chi connectivity index (χ0) is 17.1. The van der Waals surface area contributed by atoms with E-state index in [-0.39, 0.29) is 0 Å². The molecule has 0 saturated carbocycles. The third-order valence-electron chi connectivity index (χ3n) is 3.77. The van der Waals surface area contributed by atoms with Gasteiger partial charge in [-0.2, -0.15) is 5.21 Å². The lowest BCUT2D eigenvalue weighted by molar-refractivity contribution is 0.267. The average molecular weight is 333 g/mol. The minimum atomic E-state index is 0.447. The van der Waals surface area contributed by atoms with Gasteiger partial charge in [-0.25, -0.2) is 0 Å². The van der Waals surface area contributed by atoms with Crippen molar-refractivity contribution in [3.05, 3.63) is 65.9 Å². The molecule has 124 valence electrons. The molecule has 0 aliphatic rings. The topological polar surface area (TPSA) is 89.7 Å². The molecule has 4 aromatic rings. The van der Waals surface area contributed by atoms with Crippen LogP contribution in [0.2, 0.25) is 0 Å². The lowest BCUT2D eigenvalue weighted by Crippen LogP contribution is -1.95. The van der Waals surface area contributed by atoms with E-state index in [0.717, 1.165) is 28.0 Å². The van der Waals surface area contributed by atoms with Crippen molar-refractivity contribution in [1.82, 2.24) is 25.8 Å². The standard InChI is InChI=1S/C18H15N5O2/c1-12-10-17(21-25-12)24-11-13-2-4-14(5-3-13)15-6-8-16(9-7-15)18-19-22-23-20-18/h2-10H,11H2,1H3,(H,19,20,22,23). The predicted molar refractivity (Wildman–Crippen MR) is 90.6 cm³/mol. The molecule has 2 aromatic heterocycles. The van der Waals surface area contributed by atoms with Gasteiger partial charge in [0.25, 0.3) is 5.88 Å². The zero-order valence-corrected chi connectivity index (χ0v) is 13.5. The first-order chi connectivity index (χ1) is 12.3. The van der Waals surface area contributed by atoms with Gasteiger partial charge in [0.1, 0.15) is 12.4 Å². The SMILES string of the molecule is Cc1cc(OCc2ccc(-c3ccc(-c4nn[nH]n4)cc3)cc2)no1. The van der Waals surface area contributed by atoms with E-state index in [0.29, 0.717) is 18.3 Å². The number of hydrogen-bond acceptors (Lipinski definition) is 6. The van der Waals surface area contributed by atoms with Gasteiger partial charge in [-0.15, -0.1) is 10.2 Å². The minimum Gasteiger partial charge on any atom is -0.471 e.